The first-order chi connectivity index (χ1) is 29.8. The van der Waals surface area contributed by atoms with Crippen LogP contribution in [0, 0.1) is 0 Å². The lowest BCUT2D eigenvalue weighted by atomic mass is 9.78. The topological polar surface area (TPSA) is 0 Å². The van der Waals surface area contributed by atoms with E-state index in [2.05, 4.69) is 170 Å². The van der Waals surface area contributed by atoms with Crippen LogP contribution >= 0.6 is 0 Å². The van der Waals surface area contributed by atoms with E-state index in [-0.39, 0.29) is 0 Å². The van der Waals surface area contributed by atoms with Crippen molar-refractivity contribution < 1.29 is 0 Å². The van der Waals surface area contributed by atoms with Gasteiger partial charge in [-0.1, -0.05) is 146 Å². The van der Waals surface area contributed by atoms with Crippen LogP contribution in [0.2, 0.25) is 0 Å². The molecule has 0 atom stereocenters. The van der Waals surface area contributed by atoms with E-state index in [1.807, 2.05) is 0 Å². The summed E-state index contributed by atoms with van der Waals surface area (Å²) in [6, 6.07) is 66.1. The summed E-state index contributed by atoms with van der Waals surface area (Å²) in [6.07, 6.45) is 0. The highest BCUT2D eigenvalue weighted by molar-refractivity contribution is 6.50. The minimum Gasteiger partial charge on any atom is -0.0616 e. The normalized spacial score (nSPS) is 13.3. The van der Waals surface area contributed by atoms with Gasteiger partial charge in [0.25, 0.3) is 0 Å². The Hall–Kier alpha value is -7.80. The van der Waals surface area contributed by atoms with Crippen LogP contribution in [0.15, 0.2) is 170 Å². The summed E-state index contributed by atoms with van der Waals surface area (Å²) in [4.78, 5) is 0. The Morgan fingerprint density at radius 2 is 0.350 bits per heavy atom. The lowest BCUT2D eigenvalue weighted by Gasteiger charge is -2.25. The van der Waals surface area contributed by atoms with Crippen LogP contribution in [-0.2, 0) is 0 Å². The third-order valence-corrected chi connectivity index (χ3v) is 15.3. The molecule has 16 aromatic carbocycles. The maximum absolute atomic E-state index is 2.55. The summed E-state index contributed by atoms with van der Waals surface area (Å²) in [5.74, 6) is 0. The summed E-state index contributed by atoms with van der Waals surface area (Å²) in [7, 11) is 0. The predicted octanol–water partition coefficient (Wildman–Crippen LogP) is 17.1. The number of fused-ring (bicyclic) bond motifs is 14. The van der Waals surface area contributed by atoms with Crippen LogP contribution in [0.5, 0.6) is 0 Å². The summed E-state index contributed by atoms with van der Waals surface area (Å²) in [5, 5.41) is 32.9. The van der Waals surface area contributed by atoms with Gasteiger partial charge in [-0.15, -0.1) is 0 Å². The molecule has 0 aliphatic heterocycles. The molecule has 1 aliphatic carbocycles. The van der Waals surface area contributed by atoms with Gasteiger partial charge in [0.05, 0.1) is 0 Å². The lowest BCUT2D eigenvalue weighted by Crippen LogP contribution is -1.98. The Kier molecular flexibility index (Phi) is 4.69. The molecular formula is C60H28. The van der Waals surface area contributed by atoms with Crippen LogP contribution in [0.1, 0.15) is 0 Å². The average molecular weight is 749 g/mol. The Morgan fingerprint density at radius 3 is 0.583 bits per heavy atom. The zero-order valence-corrected chi connectivity index (χ0v) is 32.2. The fourth-order valence-corrected chi connectivity index (χ4v) is 12.9. The summed E-state index contributed by atoms with van der Waals surface area (Å²) in [6.45, 7) is 0. The minimum absolute atomic E-state index is 1.28. The van der Waals surface area contributed by atoms with Gasteiger partial charge in [-0.3, -0.25) is 0 Å². The van der Waals surface area contributed by atoms with Crippen LogP contribution in [0.4, 0.5) is 0 Å². The molecule has 0 heteroatoms. The molecule has 17 rings (SSSR count). The van der Waals surface area contributed by atoms with E-state index in [4.69, 9.17) is 0 Å². The van der Waals surface area contributed by atoms with Gasteiger partial charge >= 0.3 is 0 Å². The zero-order chi connectivity index (χ0) is 38.3. The fourth-order valence-electron chi connectivity index (χ4n) is 12.9. The van der Waals surface area contributed by atoms with Crippen molar-refractivity contribution in [2.75, 3.05) is 0 Å². The van der Waals surface area contributed by atoms with E-state index in [0.717, 1.165) is 0 Å². The highest BCUT2D eigenvalue weighted by Gasteiger charge is 2.28. The quantitative estimate of drug-likeness (QED) is 0.136. The average Bonchev–Trinajstić information content (AvgIpc) is 3.87. The maximum Gasteiger partial charge on any atom is -0.000740 e. The second-order valence-corrected chi connectivity index (χ2v) is 17.8. The van der Waals surface area contributed by atoms with Crippen molar-refractivity contribution in [3.8, 4) is 44.5 Å². The van der Waals surface area contributed by atoms with Gasteiger partial charge in [0.15, 0.2) is 0 Å². The Morgan fingerprint density at radius 1 is 0.150 bits per heavy atom. The summed E-state index contributed by atoms with van der Waals surface area (Å²) >= 11 is 0. The lowest BCUT2D eigenvalue weighted by molar-refractivity contribution is 1.55. The number of benzene rings is 14. The molecule has 0 heterocycles. The van der Waals surface area contributed by atoms with Crippen LogP contribution in [-0.4, -0.2) is 0 Å². The van der Waals surface area contributed by atoms with Gasteiger partial charge in [0, 0.05) is 0 Å². The SMILES string of the molecule is c1ccc2c(c1)-c1cc3c(cc1-c1ccccc1-c1cc4c(cc1-2)c1ccc2ccc5ccc6ccc4c4c6c5c2c14)c1ccc2ccc4ccc5ccc3c3c5c4c2c13. The first-order valence-electron chi connectivity index (χ1n) is 21.2. The first kappa shape index (κ1) is 29.4. The molecule has 0 N–H and O–H groups in total. The third-order valence-electron chi connectivity index (χ3n) is 15.3. The van der Waals surface area contributed by atoms with E-state index in [9.17, 15) is 0 Å². The molecule has 0 bridgehead atoms. The summed E-state index contributed by atoms with van der Waals surface area (Å²) < 4.78 is 0. The molecule has 0 fully saturated rings. The van der Waals surface area contributed by atoms with Gasteiger partial charge < -0.3 is 0 Å². The fraction of sp³-hybridized carbons (Fsp3) is 0. The van der Waals surface area contributed by atoms with Gasteiger partial charge in [-0.05, 0) is 198 Å². The standard InChI is InChI=1S/C60H28/c1-2-6-36-35(5-1)43-25-47-39-21-17-31-13-9-29-10-15-33-19-23-41(59-55(33)51(29)53(31)57(39)59)49(47)27-45(43)37-7-3-4-8-38(37)46-28-50-42-24-20-34-16-12-30-11-14-32-18-22-40(48(50)26-44(36)46)58-54(32)52(30)56(34)60(42)58/h1-28H. The van der Waals surface area contributed by atoms with Crippen molar-refractivity contribution in [2.45, 2.75) is 0 Å². The summed E-state index contributed by atoms with van der Waals surface area (Å²) in [5.41, 5.74) is 10.3. The number of hydrogen-bond acceptors (Lipinski definition) is 0. The predicted molar refractivity (Wildman–Crippen MR) is 259 cm³/mol. The van der Waals surface area contributed by atoms with Crippen molar-refractivity contribution in [1.82, 2.24) is 0 Å². The molecule has 0 saturated carbocycles. The van der Waals surface area contributed by atoms with Crippen LogP contribution < -0.4 is 0 Å². The van der Waals surface area contributed by atoms with Crippen molar-refractivity contribution >= 4 is 129 Å². The molecule has 60 heavy (non-hydrogen) atoms. The van der Waals surface area contributed by atoms with Gasteiger partial charge in [0.2, 0.25) is 0 Å². The molecule has 268 valence electrons. The first-order valence-corrected chi connectivity index (χ1v) is 21.2. The Labute approximate surface area is 342 Å². The largest absolute Gasteiger partial charge is 0.0616 e. The van der Waals surface area contributed by atoms with Gasteiger partial charge in [-0.2, -0.15) is 0 Å². The van der Waals surface area contributed by atoms with Crippen molar-refractivity contribution in [1.29, 1.82) is 0 Å². The second-order valence-electron chi connectivity index (χ2n) is 17.8. The third kappa shape index (κ3) is 3.09. The van der Waals surface area contributed by atoms with Crippen LogP contribution in [0.3, 0.4) is 0 Å². The van der Waals surface area contributed by atoms with Crippen molar-refractivity contribution in [2.24, 2.45) is 0 Å². The van der Waals surface area contributed by atoms with Gasteiger partial charge in [-0.25, -0.2) is 0 Å². The second kappa shape index (κ2) is 9.56. The van der Waals surface area contributed by atoms with Gasteiger partial charge in [0.1, 0.15) is 0 Å². The van der Waals surface area contributed by atoms with E-state index in [1.165, 1.54) is 174 Å². The van der Waals surface area contributed by atoms with Crippen LogP contribution in [0.25, 0.3) is 174 Å². The molecule has 0 nitrogen and oxygen atoms in total. The van der Waals surface area contributed by atoms with Crippen molar-refractivity contribution in [3.63, 3.8) is 0 Å². The molecule has 0 aromatic heterocycles. The number of rotatable bonds is 0. The zero-order valence-electron chi connectivity index (χ0n) is 32.2. The monoisotopic (exact) mass is 748 g/mol. The highest BCUT2D eigenvalue weighted by Crippen LogP contribution is 2.56. The van der Waals surface area contributed by atoms with E-state index in [1.54, 1.807) is 0 Å². The molecule has 0 radical (unpaired) electrons. The molecule has 0 saturated heterocycles. The molecule has 0 amide bonds. The molecule has 0 unspecified atom stereocenters. The van der Waals surface area contributed by atoms with E-state index >= 15 is 0 Å². The Balaban J connectivity index is 1.05. The minimum atomic E-state index is 1.28. The van der Waals surface area contributed by atoms with E-state index < -0.39 is 0 Å². The molecule has 16 aromatic rings. The van der Waals surface area contributed by atoms with E-state index in [0.29, 0.717) is 0 Å². The highest BCUT2D eigenvalue weighted by atomic mass is 14.3. The number of hydrogen-bond donors (Lipinski definition) is 0. The molecule has 0 spiro atoms. The maximum atomic E-state index is 2.55. The Bertz CT molecular complexity index is 3990. The van der Waals surface area contributed by atoms with Crippen molar-refractivity contribution in [3.05, 3.63) is 170 Å². The molecular weight excluding hydrogens is 721 g/mol. The smallest absolute Gasteiger partial charge is 0.000740 e. The molecule has 1 aliphatic rings.